The van der Waals surface area contributed by atoms with Gasteiger partial charge in [-0.1, -0.05) is 0 Å². The van der Waals surface area contributed by atoms with Crippen molar-refractivity contribution < 1.29 is 26.4 Å². The van der Waals surface area contributed by atoms with Gasteiger partial charge in [0.15, 0.2) is 0 Å². The highest BCUT2D eigenvalue weighted by molar-refractivity contribution is 7.90. The van der Waals surface area contributed by atoms with Gasteiger partial charge in [0.1, 0.15) is 16.4 Å². The topological polar surface area (TPSA) is 78.2 Å². The molecule has 16 heavy (non-hydrogen) atoms. The van der Waals surface area contributed by atoms with Gasteiger partial charge in [-0.3, -0.25) is 4.79 Å². The molecule has 1 amide bonds. The van der Waals surface area contributed by atoms with Crippen LogP contribution in [0.25, 0.3) is 0 Å². The first-order valence-electron chi connectivity index (χ1n) is 3.98. The number of amides is 1. The second kappa shape index (κ2) is 5.16. The molecular weight excluding hydrogens is 249 g/mol. The molecule has 0 heterocycles. The van der Waals surface area contributed by atoms with Crippen molar-refractivity contribution in [3.05, 3.63) is 0 Å². The van der Waals surface area contributed by atoms with Crippen molar-refractivity contribution in [1.82, 2.24) is 4.90 Å². The number of alkyl halides is 3. The molecule has 0 N–H and O–H groups in total. The molecule has 0 saturated heterocycles. The molecule has 9 heteroatoms. The van der Waals surface area contributed by atoms with Crippen LogP contribution < -0.4 is 0 Å². The van der Waals surface area contributed by atoms with Crippen LogP contribution in [-0.4, -0.2) is 50.5 Å². The summed E-state index contributed by atoms with van der Waals surface area (Å²) in [6.45, 7) is -1.45. The fraction of sp³-hybridized carbons (Fsp3) is 0.714. The average molecular weight is 258 g/mol. The van der Waals surface area contributed by atoms with Crippen LogP contribution in [0.4, 0.5) is 13.2 Å². The number of rotatable bonds is 4. The Morgan fingerprint density at radius 3 is 2.25 bits per heavy atom. The standard InChI is InChI=1S/C7H9F3N2O3S/c1-16(14,15)5-4-12(3-2-11)6(13)7(8,9)10/h3-5H2,1H3. The van der Waals surface area contributed by atoms with E-state index in [-0.39, 0.29) is 4.90 Å². The molecule has 0 spiro atoms. The quantitative estimate of drug-likeness (QED) is 0.662. The van der Waals surface area contributed by atoms with Gasteiger partial charge in [0.2, 0.25) is 0 Å². The molecule has 92 valence electrons. The third-order valence-corrected chi connectivity index (χ3v) is 2.45. The summed E-state index contributed by atoms with van der Waals surface area (Å²) in [5, 5.41) is 8.22. The highest BCUT2D eigenvalue weighted by Crippen LogP contribution is 2.18. The number of nitrogens with zero attached hydrogens (tertiary/aromatic N) is 2. The summed E-state index contributed by atoms with van der Waals surface area (Å²) < 4.78 is 57.4. The Kier molecular flexibility index (Phi) is 4.74. The third kappa shape index (κ3) is 5.55. The van der Waals surface area contributed by atoms with Crippen molar-refractivity contribution >= 4 is 15.7 Å². The van der Waals surface area contributed by atoms with E-state index in [1.165, 1.54) is 6.07 Å². The van der Waals surface area contributed by atoms with Crippen LogP contribution in [0.1, 0.15) is 0 Å². The number of nitriles is 1. The molecule has 0 aromatic heterocycles. The number of hydrogen-bond donors (Lipinski definition) is 0. The lowest BCUT2D eigenvalue weighted by atomic mass is 10.4. The van der Waals surface area contributed by atoms with Crippen molar-refractivity contribution in [2.75, 3.05) is 25.1 Å². The van der Waals surface area contributed by atoms with Crippen molar-refractivity contribution in [1.29, 1.82) is 5.26 Å². The van der Waals surface area contributed by atoms with Crippen LogP contribution in [0.2, 0.25) is 0 Å². The normalized spacial score (nSPS) is 11.9. The van der Waals surface area contributed by atoms with Crippen molar-refractivity contribution in [2.24, 2.45) is 0 Å². The van der Waals surface area contributed by atoms with Gasteiger partial charge in [0, 0.05) is 12.8 Å². The monoisotopic (exact) mass is 258 g/mol. The highest BCUT2D eigenvalue weighted by Gasteiger charge is 2.42. The SMILES string of the molecule is CS(=O)(=O)CCN(CC#N)C(=O)C(F)(F)F. The summed E-state index contributed by atoms with van der Waals surface area (Å²) in [4.78, 5) is 10.9. The Morgan fingerprint density at radius 1 is 1.44 bits per heavy atom. The largest absolute Gasteiger partial charge is 0.471 e. The Bertz CT molecular complexity index is 396. The van der Waals surface area contributed by atoms with Crippen LogP contribution in [0.5, 0.6) is 0 Å². The van der Waals surface area contributed by atoms with E-state index in [1.54, 1.807) is 0 Å². The summed E-state index contributed by atoms with van der Waals surface area (Å²) in [5.74, 6) is -2.83. The summed E-state index contributed by atoms with van der Waals surface area (Å²) in [7, 11) is -3.49. The molecule has 0 fully saturated rings. The molecule has 0 aliphatic rings. The molecule has 0 saturated carbocycles. The second-order valence-electron chi connectivity index (χ2n) is 3.01. The fourth-order valence-corrected chi connectivity index (χ4v) is 1.35. The lowest BCUT2D eigenvalue weighted by Crippen LogP contribution is -2.43. The third-order valence-electron chi connectivity index (χ3n) is 1.52. The predicted octanol–water partition coefficient (Wildman–Crippen LogP) is -0.0545. The van der Waals surface area contributed by atoms with Crippen LogP contribution in [0, 0.1) is 11.3 Å². The summed E-state index contributed by atoms with van der Waals surface area (Å²) >= 11 is 0. The molecule has 0 atom stereocenters. The van der Waals surface area contributed by atoms with Crippen LogP contribution in [0.15, 0.2) is 0 Å². The van der Waals surface area contributed by atoms with Crippen LogP contribution >= 0.6 is 0 Å². The zero-order chi connectivity index (χ0) is 13.0. The zero-order valence-electron chi connectivity index (χ0n) is 8.28. The van der Waals surface area contributed by atoms with Gasteiger partial charge >= 0.3 is 12.1 Å². The molecule has 0 unspecified atom stereocenters. The number of carbonyl (C=O) groups excluding carboxylic acids is 1. The summed E-state index contributed by atoms with van der Waals surface area (Å²) in [6.07, 6.45) is -4.27. The predicted molar refractivity (Wildman–Crippen MR) is 48.0 cm³/mol. The van der Waals surface area contributed by atoms with Crippen molar-refractivity contribution in [3.8, 4) is 6.07 Å². The Morgan fingerprint density at radius 2 is 1.94 bits per heavy atom. The zero-order valence-corrected chi connectivity index (χ0v) is 9.10. The minimum atomic E-state index is -5.10. The fourth-order valence-electron chi connectivity index (χ4n) is 0.793. The maximum atomic E-state index is 12.0. The maximum absolute atomic E-state index is 12.0. The first-order chi connectivity index (χ1) is 7.08. The van der Waals surface area contributed by atoms with Crippen molar-refractivity contribution in [3.63, 3.8) is 0 Å². The first-order valence-corrected chi connectivity index (χ1v) is 6.05. The van der Waals surface area contributed by atoms with Gasteiger partial charge in [-0.05, 0) is 0 Å². The minimum Gasteiger partial charge on any atom is -0.321 e. The van der Waals surface area contributed by atoms with Gasteiger partial charge in [-0.15, -0.1) is 0 Å². The second-order valence-corrected chi connectivity index (χ2v) is 5.27. The number of hydrogen-bond acceptors (Lipinski definition) is 4. The molecule has 0 rings (SSSR count). The lowest BCUT2D eigenvalue weighted by Gasteiger charge is -2.20. The number of halogens is 3. The highest BCUT2D eigenvalue weighted by atomic mass is 32.2. The number of sulfone groups is 1. The summed E-state index contributed by atoms with van der Waals surface area (Å²) in [5.41, 5.74) is 0. The van der Waals surface area contributed by atoms with E-state index >= 15 is 0 Å². The maximum Gasteiger partial charge on any atom is 0.471 e. The van der Waals surface area contributed by atoms with E-state index in [2.05, 4.69) is 0 Å². The molecule has 0 radical (unpaired) electrons. The molecule has 0 bridgehead atoms. The molecular formula is C7H9F3N2O3S. The van der Waals surface area contributed by atoms with Gasteiger partial charge in [0.05, 0.1) is 11.8 Å². The lowest BCUT2D eigenvalue weighted by molar-refractivity contribution is -0.184. The first kappa shape index (κ1) is 14.7. The molecule has 0 aromatic carbocycles. The summed E-state index contributed by atoms with van der Waals surface area (Å²) in [6, 6.07) is 1.37. The Labute approximate surface area is 90.4 Å². The molecule has 0 aromatic rings. The minimum absolute atomic E-state index is 0.154. The van der Waals surface area contributed by atoms with E-state index < -0.39 is 40.8 Å². The smallest absolute Gasteiger partial charge is 0.321 e. The van der Waals surface area contributed by atoms with E-state index in [0.29, 0.717) is 0 Å². The Hall–Kier alpha value is -1.30. The van der Waals surface area contributed by atoms with E-state index in [4.69, 9.17) is 5.26 Å². The number of carbonyl (C=O) groups is 1. The Balaban J connectivity index is 4.65. The van der Waals surface area contributed by atoms with E-state index in [9.17, 15) is 26.4 Å². The van der Waals surface area contributed by atoms with Crippen molar-refractivity contribution in [2.45, 2.75) is 6.18 Å². The van der Waals surface area contributed by atoms with Crippen LogP contribution in [0.3, 0.4) is 0 Å². The van der Waals surface area contributed by atoms with E-state index in [1.807, 2.05) is 0 Å². The van der Waals surface area contributed by atoms with Gasteiger partial charge in [-0.25, -0.2) is 8.42 Å². The van der Waals surface area contributed by atoms with Gasteiger partial charge < -0.3 is 4.90 Å². The molecule has 5 nitrogen and oxygen atoms in total. The van der Waals surface area contributed by atoms with Crippen LogP contribution in [-0.2, 0) is 14.6 Å². The molecule has 0 aliphatic heterocycles. The van der Waals surface area contributed by atoms with Gasteiger partial charge in [-0.2, -0.15) is 18.4 Å². The van der Waals surface area contributed by atoms with E-state index in [0.717, 1.165) is 6.26 Å². The molecule has 0 aliphatic carbocycles. The average Bonchev–Trinajstić information content (AvgIpc) is 2.08. The van der Waals surface area contributed by atoms with Gasteiger partial charge in [0.25, 0.3) is 0 Å².